The highest BCUT2D eigenvalue weighted by atomic mass is 32.2. The summed E-state index contributed by atoms with van der Waals surface area (Å²) in [5.41, 5.74) is 0.335. The molecule has 0 radical (unpaired) electrons. The average Bonchev–Trinajstić information content (AvgIpc) is 3.25. The van der Waals surface area contributed by atoms with Gasteiger partial charge in [-0.2, -0.15) is 4.31 Å². The fourth-order valence-electron chi connectivity index (χ4n) is 4.26. The number of imidazole rings is 1. The highest BCUT2D eigenvalue weighted by molar-refractivity contribution is 7.89. The Morgan fingerprint density at radius 2 is 1.90 bits per heavy atom. The lowest BCUT2D eigenvalue weighted by Gasteiger charge is -2.29. The number of sulfonamides is 1. The molecule has 2 aromatic rings. The van der Waals surface area contributed by atoms with Crippen molar-refractivity contribution in [2.24, 2.45) is 5.92 Å². The predicted molar refractivity (Wildman–Crippen MR) is 113 cm³/mol. The van der Waals surface area contributed by atoms with Gasteiger partial charge in [-0.05, 0) is 43.7 Å². The third-order valence-corrected chi connectivity index (χ3v) is 7.85. The van der Waals surface area contributed by atoms with Crippen LogP contribution in [-0.4, -0.2) is 52.3 Å². The van der Waals surface area contributed by atoms with E-state index in [0.717, 1.165) is 38.5 Å². The molecule has 2 fully saturated rings. The average molecular weight is 432 g/mol. The molecule has 3 heterocycles. The van der Waals surface area contributed by atoms with E-state index in [0.29, 0.717) is 30.5 Å². The number of aromatic nitrogens is 3. The first-order valence-corrected chi connectivity index (χ1v) is 12.2. The van der Waals surface area contributed by atoms with Crippen molar-refractivity contribution < 1.29 is 13.2 Å². The van der Waals surface area contributed by atoms with Gasteiger partial charge in [-0.3, -0.25) is 9.36 Å². The van der Waals surface area contributed by atoms with E-state index in [4.69, 9.17) is 0 Å². The summed E-state index contributed by atoms with van der Waals surface area (Å²) in [5, 5.41) is 3.05. The maximum atomic E-state index is 12.9. The van der Waals surface area contributed by atoms with Gasteiger partial charge < -0.3 is 5.32 Å². The maximum absolute atomic E-state index is 12.9. The van der Waals surface area contributed by atoms with Crippen molar-refractivity contribution in [1.29, 1.82) is 0 Å². The van der Waals surface area contributed by atoms with Gasteiger partial charge in [-0.25, -0.2) is 18.4 Å². The summed E-state index contributed by atoms with van der Waals surface area (Å²) in [6.07, 6.45) is 12.0. The summed E-state index contributed by atoms with van der Waals surface area (Å²) in [4.78, 5) is 21.1. The van der Waals surface area contributed by atoms with Crippen molar-refractivity contribution in [3.8, 4) is 5.82 Å². The van der Waals surface area contributed by atoms with Crippen molar-refractivity contribution in [1.82, 2.24) is 24.2 Å². The molecule has 1 aliphatic carbocycles. The minimum absolute atomic E-state index is 0.181. The molecular weight excluding hydrogens is 402 g/mol. The van der Waals surface area contributed by atoms with Crippen LogP contribution in [0, 0.1) is 5.92 Å². The van der Waals surface area contributed by atoms with Crippen LogP contribution in [0.25, 0.3) is 5.82 Å². The van der Waals surface area contributed by atoms with E-state index in [1.54, 1.807) is 27.2 Å². The summed E-state index contributed by atoms with van der Waals surface area (Å²) in [6, 6.07) is 3.43. The minimum Gasteiger partial charge on any atom is -0.348 e. The van der Waals surface area contributed by atoms with Gasteiger partial charge in [0.1, 0.15) is 22.7 Å². The zero-order valence-electron chi connectivity index (χ0n) is 17.3. The Morgan fingerprint density at radius 1 is 1.10 bits per heavy atom. The first-order valence-electron chi connectivity index (χ1n) is 10.7. The van der Waals surface area contributed by atoms with E-state index < -0.39 is 10.0 Å². The van der Waals surface area contributed by atoms with Crippen LogP contribution in [0.2, 0.25) is 0 Å². The van der Waals surface area contributed by atoms with E-state index in [9.17, 15) is 13.2 Å². The third kappa shape index (κ3) is 4.57. The molecule has 0 aromatic carbocycles. The van der Waals surface area contributed by atoms with Crippen LogP contribution < -0.4 is 5.32 Å². The topological polar surface area (TPSA) is 97.2 Å². The Bertz CT molecular complexity index is 980. The molecule has 30 heavy (non-hydrogen) atoms. The summed E-state index contributed by atoms with van der Waals surface area (Å²) in [5.74, 6) is 0.703. The SMILES string of the molecule is C[C@H]1CCCN(S(=O)(=O)c2ccc(-n3cnc(C(=O)NC4CCCCC4)c3)nc2)C1. The Hall–Kier alpha value is -2.26. The lowest BCUT2D eigenvalue weighted by Crippen LogP contribution is -2.39. The van der Waals surface area contributed by atoms with Gasteiger partial charge in [0.25, 0.3) is 5.91 Å². The number of pyridine rings is 1. The molecule has 1 aliphatic heterocycles. The molecule has 0 spiro atoms. The van der Waals surface area contributed by atoms with Crippen molar-refractivity contribution in [2.45, 2.75) is 62.8 Å². The first-order chi connectivity index (χ1) is 14.4. The summed E-state index contributed by atoms with van der Waals surface area (Å²) < 4.78 is 28.9. The monoisotopic (exact) mass is 431 g/mol. The molecule has 162 valence electrons. The van der Waals surface area contributed by atoms with Gasteiger partial charge in [0, 0.05) is 31.5 Å². The van der Waals surface area contributed by atoms with Crippen LogP contribution in [0.4, 0.5) is 0 Å². The molecule has 0 unspecified atom stereocenters. The summed E-state index contributed by atoms with van der Waals surface area (Å²) in [6.45, 7) is 3.17. The molecule has 0 bridgehead atoms. The second kappa shape index (κ2) is 8.85. The first kappa shape index (κ1) is 21.0. The molecule has 1 N–H and O–H groups in total. The third-order valence-electron chi connectivity index (χ3n) is 6.00. The summed E-state index contributed by atoms with van der Waals surface area (Å²) >= 11 is 0. The molecule has 1 atom stereocenters. The van der Waals surface area contributed by atoms with E-state index in [-0.39, 0.29) is 16.8 Å². The van der Waals surface area contributed by atoms with Crippen LogP contribution >= 0.6 is 0 Å². The van der Waals surface area contributed by atoms with E-state index in [1.807, 2.05) is 0 Å². The molecule has 4 rings (SSSR count). The number of carbonyl (C=O) groups is 1. The second-order valence-electron chi connectivity index (χ2n) is 8.44. The number of piperidine rings is 1. The Kier molecular flexibility index (Phi) is 6.19. The number of nitrogens with one attached hydrogen (secondary N) is 1. The number of carbonyl (C=O) groups excluding carboxylic acids is 1. The van der Waals surface area contributed by atoms with Crippen LogP contribution in [-0.2, 0) is 10.0 Å². The Labute approximate surface area is 177 Å². The fraction of sp³-hybridized carbons (Fsp3) is 0.571. The second-order valence-corrected chi connectivity index (χ2v) is 10.4. The predicted octanol–water partition coefficient (Wildman–Crippen LogP) is 2.75. The van der Waals surface area contributed by atoms with E-state index >= 15 is 0 Å². The molecule has 9 heteroatoms. The van der Waals surface area contributed by atoms with Crippen LogP contribution in [0.3, 0.4) is 0 Å². The number of hydrogen-bond donors (Lipinski definition) is 1. The molecular formula is C21H29N5O3S. The van der Waals surface area contributed by atoms with Gasteiger partial charge in [0.2, 0.25) is 10.0 Å². The molecule has 2 aliphatic rings. The Morgan fingerprint density at radius 3 is 2.60 bits per heavy atom. The van der Waals surface area contributed by atoms with Crippen LogP contribution in [0.5, 0.6) is 0 Å². The number of amides is 1. The molecule has 8 nitrogen and oxygen atoms in total. The van der Waals surface area contributed by atoms with Crippen molar-refractivity contribution in [3.05, 3.63) is 36.5 Å². The van der Waals surface area contributed by atoms with Gasteiger partial charge in [0.05, 0.1) is 0 Å². The molecule has 1 amide bonds. The van der Waals surface area contributed by atoms with Gasteiger partial charge >= 0.3 is 0 Å². The number of hydrogen-bond acceptors (Lipinski definition) is 5. The van der Waals surface area contributed by atoms with Crippen molar-refractivity contribution in [3.63, 3.8) is 0 Å². The van der Waals surface area contributed by atoms with Gasteiger partial charge in [0.15, 0.2) is 0 Å². The zero-order chi connectivity index (χ0) is 21.1. The zero-order valence-corrected chi connectivity index (χ0v) is 18.1. The number of rotatable bonds is 5. The number of nitrogens with zero attached hydrogens (tertiary/aromatic N) is 4. The van der Waals surface area contributed by atoms with Crippen molar-refractivity contribution in [2.75, 3.05) is 13.1 Å². The van der Waals surface area contributed by atoms with Gasteiger partial charge in [-0.1, -0.05) is 26.2 Å². The normalized spacial score (nSPS) is 21.4. The molecule has 1 saturated heterocycles. The van der Waals surface area contributed by atoms with Crippen LogP contribution in [0.1, 0.15) is 62.4 Å². The largest absolute Gasteiger partial charge is 0.348 e. The molecule has 2 aromatic heterocycles. The quantitative estimate of drug-likeness (QED) is 0.785. The highest BCUT2D eigenvalue weighted by Gasteiger charge is 2.29. The lowest BCUT2D eigenvalue weighted by molar-refractivity contribution is 0.0923. The standard InChI is InChI=1S/C21H29N5O3S/c1-16-6-5-11-26(13-16)30(28,29)18-9-10-20(22-12-18)25-14-19(23-15-25)21(27)24-17-7-3-2-4-8-17/h9-10,12,14-17H,2-8,11,13H2,1H3,(H,24,27)/t16-/m0/s1. The lowest BCUT2D eigenvalue weighted by atomic mass is 9.95. The van der Waals surface area contributed by atoms with E-state index in [2.05, 4.69) is 22.2 Å². The summed E-state index contributed by atoms with van der Waals surface area (Å²) in [7, 11) is -3.54. The smallest absolute Gasteiger partial charge is 0.271 e. The van der Waals surface area contributed by atoms with Crippen LogP contribution in [0.15, 0.2) is 35.7 Å². The van der Waals surface area contributed by atoms with E-state index in [1.165, 1.54) is 18.9 Å². The maximum Gasteiger partial charge on any atom is 0.271 e. The highest BCUT2D eigenvalue weighted by Crippen LogP contribution is 2.23. The minimum atomic E-state index is -3.54. The fourth-order valence-corrected chi connectivity index (χ4v) is 5.81. The van der Waals surface area contributed by atoms with Crippen molar-refractivity contribution >= 4 is 15.9 Å². The van der Waals surface area contributed by atoms with Gasteiger partial charge in [-0.15, -0.1) is 0 Å². The molecule has 1 saturated carbocycles. The Balaban J connectivity index is 1.45.